The van der Waals surface area contributed by atoms with Gasteiger partial charge >= 0.3 is 12.3 Å². The number of ether oxygens (including phenoxy) is 1. The molecule has 1 aliphatic rings. The Bertz CT molecular complexity index is 617. The number of pyridine rings is 1. The predicted octanol–water partition coefficient (Wildman–Crippen LogP) is 3.86. The molecule has 0 aromatic carbocycles. The predicted molar refractivity (Wildman–Crippen MR) is 84.2 cm³/mol. The fourth-order valence-corrected chi connectivity index (χ4v) is 2.58. The summed E-state index contributed by atoms with van der Waals surface area (Å²) in [6.07, 6.45) is -4.63. The third-order valence-electron chi connectivity index (χ3n) is 3.36. The number of halogens is 4. The van der Waals surface area contributed by atoms with Crippen molar-refractivity contribution in [2.75, 3.05) is 18.0 Å². The maximum absolute atomic E-state index is 13.1. The van der Waals surface area contributed by atoms with Crippen molar-refractivity contribution in [3.05, 3.63) is 22.8 Å². The van der Waals surface area contributed by atoms with Crippen molar-refractivity contribution in [1.82, 2.24) is 10.3 Å². The molecule has 9 heteroatoms. The summed E-state index contributed by atoms with van der Waals surface area (Å²) in [5, 5.41) is 2.65. The van der Waals surface area contributed by atoms with E-state index in [0.29, 0.717) is 13.0 Å². The van der Waals surface area contributed by atoms with Crippen LogP contribution >= 0.6 is 11.6 Å². The number of aromatic nitrogens is 1. The zero-order valence-corrected chi connectivity index (χ0v) is 14.3. The Kier molecular flexibility index (Phi) is 5.17. The number of carbonyl (C=O) groups excluding carboxylic acids is 1. The van der Waals surface area contributed by atoms with Gasteiger partial charge in [-0.1, -0.05) is 11.6 Å². The minimum atomic E-state index is -4.52. The molecule has 2 heterocycles. The molecule has 0 unspecified atom stereocenters. The zero-order chi connectivity index (χ0) is 18.1. The second kappa shape index (κ2) is 6.66. The third kappa shape index (κ3) is 4.90. The fourth-order valence-electron chi connectivity index (χ4n) is 2.43. The molecule has 1 N–H and O–H groups in total. The number of nitrogens with one attached hydrogen (secondary N) is 1. The van der Waals surface area contributed by atoms with Crippen LogP contribution in [0.15, 0.2) is 12.1 Å². The van der Waals surface area contributed by atoms with Crippen molar-refractivity contribution in [3.63, 3.8) is 0 Å². The van der Waals surface area contributed by atoms with Crippen LogP contribution in [0.3, 0.4) is 0 Å². The van der Waals surface area contributed by atoms with Gasteiger partial charge in [-0.15, -0.1) is 0 Å². The number of hydrogen-bond acceptors (Lipinski definition) is 4. The summed E-state index contributed by atoms with van der Waals surface area (Å²) >= 11 is 5.74. The molecule has 0 radical (unpaired) electrons. The van der Waals surface area contributed by atoms with E-state index >= 15 is 0 Å². The first kappa shape index (κ1) is 18.6. The first-order chi connectivity index (χ1) is 11.0. The molecular weight excluding hydrogens is 347 g/mol. The molecule has 1 aromatic heterocycles. The first-order valence-corrected chi connectivity index (χ1v) is 7.82. The lowest BCUT2D eigenvalue weighted by Gasteiger charge is -2.23. The molecule has 5 nitrogen and oxygen atoms in total. The highest BCUT2D eigenvalue weighted by Gasteiger charge is 2.38. The second-order valence-electron chi connectivity index (χ2n) is 6.58. The molecule has 134 valence electrons. The lowest BCUT2D eigenvalue weighted by atomic mass is 10.2. The number of alkyl carbamates (subject to hydrolysis) is 1. The van der Waals surface area contributed by atoms with Crippen molar-refractivity contribution in [2.24, 2.45) is 0 Å². The van der Waals surface area contributed by atoms with Gasteiger partial charge in [0.15, 0.2) is 0 Å². The minimum Gasteiger partial charge on any atom is -0.444 e. The number of nitrogens with zero attached hydrogens (tertiary/aromatic N) is 2. The van der Waals surface area contributed by atoms with Crippen LogP contribution in [0.4, 0.5) is 23.8 Å². The van der Waals surface area contributed by atoms with Crippen molar-refractivity contribution in [3.8, 4) is 0 Å². The monoisotopic (exact) mass is 365 g/mol. The van der Waals surface area contributed by atoms with Gasteiger partial charge in [0.1, 0.15) is 16.6 Å². The topological polar surface area (TPSA) is 54.5 Å². The van der Waals surface area contributed by atoms with Crippen LogP contribution in [0, 0.1) is 0 Å². The largest absolute Gasteiger partial charge is 0.444 e. The van der Waals surface area contributed by atoms with Gasteiger partial charge in [0.25, 0.3) is 0 Å². The van der Waals surface area contributed by atoms with Crippen LogP contribution in [-0.4, -0.2) is 35.8 Å². The SMILES string of the molecule is CC(C)(C)OC(=O)N[C@@H]1CCN(c2nc(Cl)ccc2C(F)(F)F)C1. The Labute approximate surface area is 143 Å². The van der Waals surface area contributed by atoms with E-state index < -0.39 is 23.4 Å². The van der Waals surface area contributed by atoms with E-state index in [1.807, 2.05) is 0 Å². The molecule has 2 rings (SSSR count). The van der Waals surface area contributed by atoms with E-state index in [1.165, 1.54) is 4.90 Å². The Hall–Kier alpha value is -1.70. The Morgan fingerprint density at radius 1 is 1.38 bits per heavy atom. The first-order valence-electron chi connectivity index (χ1n) is 7.44. The molecular formula is C15H19ClF3N3O2. The molecule has 0 spiro atoms. The Morgan fingerprint density at radius 3 is 2.62 bits per heavy atom. The summed E-state index contributed by atoms with van der Waals surface area (Å²) in [4.78, 5) is 17.1. The Balaban J connectivity index is 2.09. The van der Waals surface area contributed by atoms with Gasteiger partial charge in [-0.25, -0.2) is 9.78 Å². The van der Waals surface area contributed by atoms with E-state index in [4.69, 9.17) is 16.3 Å². The molecule has 0 bridgehead atoms. The summed E-state index contributed by atoms with van der Waals surface area (Å²) in [6.45, 7) is 5.74. The van der Waals surface area contributed by atoms with Crippen molar-refractivity contribution in [1.29, 1.82) is 0 Å². The molecule has 0 aliphatic carbocycles. The van der Waals surface area contributed by atoms with Crippen LogP contribution < -0.4 is 10.2 Å². The smallest absolute Gasteiger partial charge is 0.419 e. The lowest BCUT2D eigenvalue weighted by molar-refractivity contribution is -0.137. The van der Waals surface area contributed by atoms with Crippen LogP contribution in [0.5, 0.6) is 0 Å². The van der Waals surface area contributed by atoms with Gasteiger partial charge in [0.2, 0.25) is 0 Å². The molecule has 1 amide bonds. The maximum Gasteiger partial charge on any atom is 0.419 e. The highest BCUT2D eigenvalue weighted by Crippen LogP contribution is 2.37. The molecule has 1 atom stereocenters. The lowest BCUT2D eigenvalue weighted by Crippen LogP contribution is -2.40. The molecule has 0 saturated carbocycles. The molecule has 1 aliphatic heterocycles. The number of amides is 1. The number of hydrogen-bond donors (Lipinski definition) is 1. The van der Waals surface area contributed by atoms with E-state index in [-0.39, 0.29) is 23.6 Å². The summed E-state index contributed by atoms with van der Waals surface area (Å²) < 4.78 is 44.5. The zero-order valence-electron chi connectivity index (χ0n) is 13.6. The Morgan fingerprint density at radius 2 is 2.04 bits per heavy atom. The highest BCUT2D eigenvalue weighted by molar-refractivity contribution is 6.29. The van der Waals surface area contributed by atoms with Crippen molar-refractivity contribution in [2.45, 2.75) is 45.0 Å². The normalized spacial score (nSPS) is 18.6. The molecule has 1 saturated heterocycles. The van der Waals surface area contributed by atoms with E-state index in [1.54, 1.807) is 20.8 Å². The third-order valence-corrected chi connectivity index (χ3v) is 3.57. The van der Waals surface area contributed by atoms with Gasteiger partial charge < -0.3 is 15.0 Å². The van der Waals surface area contributed by atoms with E-state index in [0.717, 1.165) is 12.1 Å². The maximum atomic E-state index is 13.1. The summed E-state index contributed by atoms with van der Waals surface area (Å²) in [5.74, 6) is -0.219. The summed E-state index contributed by atoms with van der Waals surface area (Å²) in [6, 6.07) is 1.71. The van der Waals surface area contributed by atoms with Gasteiger partial charge in [-0.05, 0) is 39.3 Å². The minimum absolute atomic E-state index is 0.0125. The van der Waals surface area contributed by atoms with Crippen molar-refractivity contribution >= 4 is 23.5 Å². The number of carbonyl (C=O) groups is 1. The quantitative estimate of drug-likeness (QED) is 0.809. The molecule has 24 heavy (non-hydrogen) atoms. The van der Waals surface area contributed by atoms with Crippen LogP contribution in [0.1, 0.15) is 32.8 Å². The van der Waals surface area contributed by atoms with E-state index in [2.05, 4.69) is 10.3 Å². The van der Waals surface area contributed by atoms with Crippen LogP contribution in [0.25, 0.3) is 0 Å². The molecule has 1 fully saturated rings. The average Bonchev–Trinajstić information content (AvgIpc) is 2.83. The van der Waals surface area contributed by atoms with E-state index in [9.17, 15) is 18.0 Å². The van der Waals surface area contributed by atoms with Crippen LogP contribution in [-0.2, 0) is 10.9 Å². The van der Waals surface area contributed by atoms with Gasteiger partial charge in [0.05, 0.1) is 11.6 Å². The van der Waals surface area contributed by atoms with Crippen molar-refractivity contribution < 1.29 is 22.7 Å². The number of alkyl halides is 3. The standard InChI is InChI=1S/C15H19ClF3N3O2/c1-14(2,3)24-13(23)20-9-6-7-22(8-9)12-10(15(17,18)19)4-5-11(16)21-12/h4-5,9H,6-8H2,1-3H3,(H,20,23)/t9-/m1/s1. The number of rotatable bonds is 2. The number of anilines is 1. The van der Waals surface area contributed by atoms with Crippen LogP contribution in [0.2, 0.25) is 5.15 Å². The molecule has 1 aromatic rings. The second-order valence-corrected chi connectivity index (χ2v) is 6.97. The average molecular weight is 366 g/mol. The van der Waals surface area contributed by atoms with Gasteiger partial charge in [0, 0.05) is 13.1 Å². The van der Waals surface area contributed by atoms with Gasteiger partial charge in [-0.2, -0.15) is 13.2 Å². The summed E-state index contributed by atoms with van der Waals surface area (Å²) in [5.41, 5.74) is -1.48. The summed E-state index contributed by atoms with van der Waals surface area (Å²) in [7, 11) is 0. The fraction of sp³-hybridized carbons (Fsp3) is 0.600. The highest BCUT2D eigenvalue weighted by atomic mass is 35.5. The van der Waals surface area contributed by atoms with Gasteiger partial charge in [-0.3, -0.25) is 0 Å².